The van der Waals surface area contributed by atoms with Crippen LogP contribution in [0.2, 0.25) is 0 Å². The summed E-state index contributed by atoms with van der Waals surface area (Å²) in [7, 11) is 0. The van der Waals surface area contributed by atoms with Crippen LogP contribution < -0.4 is 0 Å². The SMILES string of the molecule is Cc1nc(C(F)(F)F)ccc1C(=O)N1CCC(N2CC(C(=O)O)CC2=O)CC1. The molecule has 152 valence electrons. The van der Waals surface area contributed by atoms with Crippen molar-refractivity contribution in [3.63, 3.8) is 0 Å². The van der Waals surface area contributed by atoms with Gasteiger partial charge in [-0.25, -0.2) is 4.98 Å². The molecule has 2 aliphatic heterocycles. The molecule has 0 spiro atoms. The summed E-state index contributed by atoms with van der Waals surface area (Å²) in [4.78, 5) is 42.4. The zero-order valence-corrected chi connectivity index (χ0v) is 15.2. The number of rotatable bonds is 3. The zero-order valence-electron chi connectivity index (χ0n) is 15.2. The Balaban J connectivity index is 1.63. The third-order valence-corrected chi connectivity index (χ3v) is 5.31. The minimum absolute atomic E-state index is 0.00903. The molecule has 2 amide bonds. The van der Waals surface area contributed by atoms with Gasteiger partial charge in [-0.1, -0.05) is 0 Å². The first-order chi connectivity index (χ1) is 13.1. The van der Waals surface area contributed by atoms with Gasteiger partial charge in [-0.2, -0.15) is 13.2 Å². The first-order valence-corrected chi connectivity index (χ1v) is 8.94. The largest absolute Gasteiger partial charge is 0.481 e. The molecular weight excluding hydrogens is 379 g/mol. The summed E-state index contributed by atoms with van der Waals surface area (Å²) in [5.74, 6) is -2.28. The van der Waals surface area contributed by atoms with Crippen molar-refractivity contribution < 1.29 is 32.7 Å². The van der Waals surface area contributed by atoms with Gasteiger partial charge in [0.2, 0.25) is 5.91 Å². The van der Waals surface area contributed by atoms with Crippen LogP contribution in [0.3, 0.4) is 0 Å². The van der Waals surface area contributed by atoms with Crippen LogP contribution in [0.25, 0.3) is 0 Å². The van der Waals surface area contributed by atoms with Gasteiger partial charge < -0.3 is 14.9 Å². The van der Waals surface area contributed by atoms with E-state index in [-0.39, 0.29) is 36.2 Å². The molecule has 0 aliphatic carbocycles. The molecular formula is C18H20F3N3O4. The molecule has 1 atom stereocenters. The lowest BCUT2D eigenvalue weighted by Gasteiger charge is -2.37. The van der Waals surface area contributed by atoms with Crippen LogP contribution in [0.4, 0.5) is 13.2 Å². The smallest absolute Gasteiger partial charge is 0.433 e. The van der Waals surface area contributed by atoms with Crippen LogP contribution in [0.1, 0.15) is 41.0 Å². The molecule has 0 saturated carbocycles. The second-order valence-electron chi connectivity index (χ2n) is 7.14. The van der Waals surface area contributed by atoms with E-state index in [9.17, 15) is 27.6 Å². The van der Waals surface area contributed by atoms with Gasteiger partial charge in [-0.05, 0) is 31.9 Å². The number of halogens is 3. The van der Waals surface area contributed by atoms with Crippen molar-refractivity contribution in [3.05, 3.63) is 29.1 Å². The van der Waals surface area contributed by atoms with Crippen LogP contribution in [0.5, 0.6) is 0 Å². The van der Waals surface area contributed by atoms with Crippen LogP contribution >= 0.6 is 0 Å². The van der Waals surface area contributed by atoms with E-state index in [0.29, 0.717) is 25.9 Å². The summed E-state index contributed by atoms with van der Waals surface area (Å²) < 4.78 is 38.2. The summed E-state index contributed by atoms with van der Waals surface area (Å²) >= 11 is 0. The van der Waals surface area contributed by atoms with Crippen LogP contribution in [-0.4, -0.2) is 63.4 Å². The number of aryl methyl sites for hydroxylation is 1. The standard InChI is InChI=1S/C18H20F3N3O4/c1-10-13(2-3-14(22-10)18(19,20)21)16(26)23-6-4-12(5-7-23)24-9-11(17(27)28)8-15(24)25/h2-3,11-12H,4-9H2,1H3,(H,27,28). The molecule has 1 N–H and O–H groups in total. The average Bonchev–Trinajstić information content (AvgIpc) is 3.02. The fourth-order valence-corrected chi connectivity index (χ4v) is 3.75. The number of carbonyl (C=O) groups excluding carboxylic acids is 2. The van der Waals surface area contributed by atoms with Crippen molar-refractivity contribution in [2.45, 2.75) is 38.4 Å². The second kappa shape index (κ2) is 7.40. The molecule has 2 aliphatic rings. The van der Waals surface area contributed by atoms with E-state index in [4.69, 9.17) is 5.11 Å². The first kappa shape index (κ1) is 20.1. The van der Waals surface area contributed by atoms with E-state index in [1.54, 1.807) is 4.90 Å². The van der Waals surface area contributed by atoms with Crippen molar-refractivity contribution in [1.82, 2.24) is 14.8 Å². The van der Waals surface area contributed by atoms with Gasteiger partial charge in [0, 0.05) is 32.1 Å². The summed E-state index contributed by atoms with van der Waals surface area (Å²) in [6.45, 7) is 2.22. The Morgan fingerprint density at radius 1 is 1.21 bits per heavy atom. The molecule has 3 heterocycles. The number of carboxylic acids is 1. The van der Waals surface area contributed by atoms with E-state index >= 15 is 0 Å². The van der Waals surface area contributed by atoms with Gasteiger partial charge in [0.1, 0.15) is 5.69 Å². The molecule has 7 nitrogen and oxygen atoms in total. The van der Waals surface area contributed by atoms with Crippen molar-refractivity contribution in [1.29, 1.82) is 0 Å². The number of piperidine rings is 1. The fraction of sp³-hybridized carbons (Fsp3) is 0.556. The number of pyridine rings is 1. The highest BCUT2D eigenvalue weighted by Crippen LogP contribution is 2.29. The van der Waals surface area contributed by atoms with E-state index in [2.05, 4.69) is 4.98 Å². The lowest BCUT2D eigenvalue weighted by Crippen LogP contribution is -2.47. The number of hydrogen-bond donors (Lipinski definition) is 1. The molecule has 1 unspecified atom stereocenters. The molecule has 3 rings (SSSR count). The predicted octanol–water partition coefficient (Wildman–Crippen LogP) is 1.95. The van der Waals surface area contributed by atoms with Gasteiger partial charge in [0.05, 0.1) is 17.2 Å². The number of hydrogen-bond acceptors (Lipinski definition) is 4. The summed E-state index contributed by atoms with van der Waals surface area (Å²) in [5, 5.41) is 9.08. The van der Waals surface area contributed by atoms with E-state index in [0.717, 1.165) is 12.1 Å². The van der Waals surface area contributed by atoms with Crippen molar-refractivity contribution in [3.8, 4) is 0 Å². The van der Waals surface area contributed by atoms with Gasteiger partial charge in [0.15, 0.2) is 0 Å². The number of amides is 2. The average molecular weight is 399 g/mol. The maximum atomic E-state index is 12.7. The fourth-order valence-electron chi connectivity index (χ4n) is 3.75. The second-order valence-corrected chi connectivity index (χ2v) is 7.14. The lowest BCUT2D eigenvalue weighted by atomic mass is 10.0. The third kappa shape index (κ3) is 3.95. The minimum atomic E-state index is -4.57. The Hall–Kier alpha value is -2.65. The van der Waals surface area contributed by atoms with Gasteiger partial charge in [-0.15, -0.1) is 0 Å². The lowest BCUT2D eigenvalue weighted by molar-refractivity contribution is -0.142. The van der Waals surface area contributed by atoms with Crippen LogP contribution in [-0.2, 0) is 15.8 Å². The number of aliphatic carboxylic acids is 1. The number of carboxylic acid groups (broad SMARTS) is 1. The number of alkyl halides is 3. The normalized spacial score (nSPS) is 21.3. The predicted molar refractivity (Wildman–Crippen MR) is 90.4 cm³/mol. The number of nitrogens with zero attached hydrogens (tertiary/aromatic N) is 3. The Morgan fingerprint density at radius 2 is 1.86 bits per heavy atom. The van der Waals surface area contributed by atoms with Crippen molar-refractivity contribution >= 4 is 17.8 Å². The molecule has 0 bridgehead atoms. The zero-order chi connectivity index (χ0) is 20.6. The molecule has 0 aromatic carbocycles. The molecule has 2 fully saturated rings. The van der Waals surface area contributed by atoms with Crippen molar-refractivity contribution in [2.75, 3.05) is 19.6 Å². The highest BCUT2D eigenvalue weighted by atomic mass is 19.4. The maximum absolute atomic E-state index is 12.7. The van der Waals surface area contributed by atoms with Crippen LogP contribution in [0, 0.1) is 12.8 Å². The van der Waals surface area contributed by atoms with E-state index < -0.39 is 29.7 Å². The van der Waals surface area contributed by atoms with Crippen LogP contribution in [0.15, 0.2) is 12.1 Å². The van der Waals surface area contributed by atoms with Gasteiger partial charge >= 0.3 is 12.1 Å². The van der Waals surface area contributed by atoms with Crippen molar-refractivity contribution in [2.24, 2.45) is 5.92 Å². The molecule has 2 saturated heterocycles. The number of carbonyl (C=O) groups is 3. The number of likely N-dealkylation sites (tertiary alicyclic amines) is 2. The Bertz CT molecular complexity index is 804. The Labute approximate surface area is 159 Å². The highest BCUT2D eigenvalue weighted by molar-refractivity contribution is 5.95. The molecule has 1 aromatic heterocycles. The van der Waals surface area contributed by atoms with Gasteiger partial charge in [-0.3, -0.25) is 14.4 Å². The first-order valence-electron chi connectivity index (χ1n) is 8.94. The quantitative estimate of drug-likeness (QED) is 0.839. The summed E-state index contributed by atoms with van der Waals surface area (Å²) in [6.07, 6.45) is -3.58. The molecule has 28 heavy (non-hydrogen) atoms. The van der Waals surface area contributed by atoms with Gasteiger partial charge in [0.25, 0.3) is 5.91 Å². The summed E-state index contributed by atoms with van der Waals surface area (Å²) in [5.41, 5.74) is -0.906. The number of aromatic nitrogens is 1. The van der Waals surface area contributed by atoms with E-state index in [1.807, 2.05) is 0 Å². The molecule has 0 radical (unpaired) electrons. The third-order valence-electron chi connectivity index (χ3n) is 5.31. The molecule has 1 aromatic rings. The van der Waals surface area contributed by atoms with E-state index in [1.165, 1.54) is 11.8 Å². The Morgan fingerprint density at radius 3 is 2.36 bits per heavy atom. The topological polar surface area (TPSA) is 90.8 Å². The monoisotopic (exact) mass is 399 g/mol. The highest BCUT2D eigenvalue weighted by Gasteiger charge is 2.39. The molecule has 10 heteroatoms. The summed E-state index contributed by atoms with van der Waals surface area (Å²) in [6, 6.07) is 1.80. The minimum Gasteiger partial charge on any atom is -0.481 e. The maximum Gasteiger partial charge on any atom is 0.433 e. The Kier molecular flexibility index (Phi) is 5.31.